The van der Waals surface area contributed by atoms with Gasteiger partial charge in [0, 0.05) is 35.5 Å². The monoisotopic (exact) mass is 437 g/mol. The average molecular weight is 438 g/mol. The van der Waals surface area contributed by atoms with Gasteiger partial charge in [0.1, 0.15) is 5.75 Å². The van der Waals surface area contributed by atoms with E-state index in [2.05, 4.69) is 20.3 Å². The summed E-state index contributed by atoms with van der Waals surface area (Å²) >= 11 is 0. The van der Waals surface area contributed by atoms with Gasteiger partial charge in [-0.25, -0.2) is 9.78 Å². The topological polar surface area (TPSA) is 119 Å². The van der Waals surface area contributed by atoms with Crippen molar-refractivity contribution in [3.05, 3.63) is 61.2 Å². The molecule has 168 valence electrons. The summed E-state index contributed by atoms with van der Waals surface area (Å²) in [5.41, 5.74) is 2.55. The molecule has 0 aliphatic heterocycles. The van der Waals surface area contributed by atoms with Crippen LogP contribution in [0.5, 0.6) is 5.75 Å². The van der Waals surface area contributed by atoms with Gasteiger partial charge in [0.05, 0.1) is 30.3 Å². The van der Waals surface area contributed by atoms with Gasteiger partial charge in [-0.2, -0.15) is 0 Å². The summed E-state index contributed by atoms with van der Waals surface area (Å²) in [6, 6.07) is 1.68. The van der Waals surface area contributed by atoms with E-state index in [-0.39, 0.29) is 29.1 Å². The quantitative estimate of drug-likeness (QED) is 0.586. The van der Waals surface area contributed by atoms with Gasteiger partial charge in [-0.15, -0.1) is 0 Å². The fourth-order valence-corrected chi connectivity index (χ4v) is 4.00. The molecule has 1 aliphatic carbocycles. The number of nitrogens with one attached hydrogen (secondary N) is 2. The van der Waals surface area contributed by atoms with Crippen molar-refractivity contribution in [2.24, 2.45) is 0 Å². The van der Waals surface area contributed by atoms with Crippen LogP contribution >= 0.6 is 0 Å². The van der Waals surface area contributed by atoms with Crippen molar-refractivity contribution in [3.8, 4) is 5.75 Å². The van der Waals surface area contributed by atoms with Crippen LogP contribution in [0.15, 0.2) is 21.9 Å². The zero-order chi connectivity index (χ0) is 23.0. The maximum atomic E-state index is 13.2. The van der Waals surface area contributed by atoms with E-state index in [1.807, 2.05) is 20.8 Å². The van der Waals surface area contributed by atoms with Crippen molar-refractivity contribution in [1.29, 1.82) is 0 Å². The number of aromatic amines is 1. The van der Waals surface area contributed by atoms with E-state index in [1.165, 1.54) is 4.57 Å². The minimum Gasteiger partial charge on any atom is -0.496 e. The van der Waals surface area contributed by atoms with Crippen molar-refractivity contribution < 1.29 is 9.53 Å². The fraction of sp³-hybridized carbons (Fsp3) is 0.435. The number of fused-ring (bicyclic) bond motifs is 1. The lowest BCUT2D eigenvalue weighted by molar-refractivity contribution is 0.0951. The zero-order valence-electron chi connectivity index (χ0n) is 18.7. The summed E-state index contributed by atoms with van der Waals surface area (Å²) < 4.78 is 6.88. The molecule has 2 N–H and O–H groups in total. The Morgan fingerprint density at radius 2 is 2.06 bits per heavy atom. The molecule has 0 saturated heterocycles. The standard InChI is InChI=1S/C23H27N5O4/c1-5-8-28-20-18(22(30)27-23(28)31)15(9-16(26-20)14-6-7-14)21(29)25-11-17-13(3)19(32-4)12(2)10-24-17/h9-10,14H,5-8,11H2,1-4H3,(H,25,29)(H,27,30,31). The summed E-state index contributed by atoms with van der Waals surface area (Å²) in [6.07, 6.45) is 4.35. The third-order valence-corrected chi connectivity index (χ3v) is 5.82. The van der Waals surface area contributed by atoms with Crippen LogP contribution < -0.4 is 21.3 Å². The molecular weight excluding hydrogens is 410 g/mol. The number of hydrogen-bond acceptors (Lipinski definition) is 6. The molecule has 32 heavy (non-hydrogen) atoms. The molecule has 0 unspecified atom stereocenters. The molecule has 0 radical (unpaired) electrons. The van der Waals surface area contributed by atoms with Crippen LogP contribution in [0.1, 0.15) is 65.0 Å². The predicted molar refractivity (Wildman–Crippen MR) is 120 cm³/mol. The molecule has 1 saturated carbocycles. The lowest BCUT2D eigenvalue weighted by atomic mass is 10.1. The lowest BCUT2D eigenvalue weighted by Gasteiger charge is -2.14. The highest BCUT2D eigenvalue weighted by atomic mass is 16.5. The van der Waals surface area contributed by atoms with E-state index in [0.717, 1.165) is 35.4 Å². The molecule has 9 heteroatoms. The normalized spacial score (nSPS) is 13.4. The van der Waals surface area contributed by atoms with Gasteiger partial charge in [-0.05, 0) is 39.2 Å². The number of aromatic nitrogens is 4. The molecule has 1 fully saturated rings. The number of aryl methyl sites for hydroxylation is 2. The van der Waals surface area contributed by atoms with E-state index in [4.69, 9.17) is 4.74 Å². The summed E-state index contributed by atoms with van der Waals surface area (Å²) in [5.74, 6) is 0.572. The number of hydrogen-bond donors (Lipinski definition) is 2. The highest BCUT2D eigenvalue weighted by molar-refractivity contribution is 6.05. The molecule has 9 nitrogen and oxygen atoms in total. The molecule has 0 aromatic carbocycles. The SMILES string of the molecule is CCCn1c(=O)[nH]c(=O)c2c(C(=O)NCc3ncc(C)c(OC)c3C)cc(C3CC3)nc21. The Kier molecular flexibility index (Phi) is 5.82. The summed E-state index contributed by atoms with van der Waals surface area (Å²) in [5, 5.41) is 3.00. The number of methoxy groups -OCH3 is 1. The average Bonchev–Trinajstić information content (AvgIpc) is 3.61. The van der Waals surface area contributed by atoms with Crippen molar-refractivity contribution in [2.45, 2.75) is 59.0 Å². The van der Waals surface area contributed by atoms with Gasteiger partial charge in [0.15, 0.2) is 5.65 Å². The minimum absolute atomic E-state index is 0.131. The number of carbonyl (C=O) groups excluding carboxylic acids is 1. The van der Waals surface area contributed by atoms with Gasteiger partial charge in [0.2, 0.25) is 0 Å². The van der Waals surface area contributed by atoms with E-state index in [9.17, 15) is 14.4 Å². The van der Waals surface area contributed by atoms with Crippen LogP contribution in [-0.2, 0) is 13.1 Å². The number of carbonyl (C=O) groups is 1. The maximum absolute atomic E-state index is 13.2. The molecular formula is C23H27N5O4. The van der Waals surface area contributed by atoms with Crippen LogP contribution in [0.25, 0.3) is 11.0 Å². The number of nitrogens with zero attached hydrogens (tertiary/aromatic N) is 3. The first kappa shape index (κ1) is 21.7. The van der Waals surface area contributed by atoms with E-state index in [1.54, 1.807) is 19.4 Å². The van der Waals surface area contributed by atoms with Crippen LogP contribution in [-0.4, -0.2) is 32.5 Å². The lowest BCUT2D eigenvalue weighted by Crippen LogP contribution is -2.33. The van der Waals surface area contributed by atoms with Crippen LogP contribution in [0.2, 0.25) is 0 Å². The summed E-state index contributed by atoms with van der Waals surface area (Å²) in [7, 11) is 1.60. The second kappa shape index (κ2) is 8.57. The first-order valence-electron chi connectivity index (χ1n) is 10.8. The largest absolute Gasteiger partial charge is 0.496 e. The fourth-order valence-electron chi connectivity index (χ4n) is 4.00. The molecule has 3 heterocycles. The Hall–Kier alpha value is -3.49. The number of rotatable bonds is 7. The number of amides is 1. The summed E-state index contributed by atoms with van der Waals surface area (Å²) in [4.78, 5) is 49.7. The molecule has 1 amide bonds. The Bertz CT molecular complexity index is 1320. The smallest absolute Gasteiger partial charge is 0.329 e. The van der Waals surface area contributed by atoms with Crippen LogP contribution in [0.3, 0.4) is 0 Å². The maximum Gasteiger partial charge on any atom is 0.329 e. The molecule has 3 aromatic rings. The Morgan fingerprint density at radius 3 is 2.72 bits per heavy atom. The second-order valence-electron chi connectivity index (χ2n) is 8.21. The zero-order valence-corrected chi connectivity index (χ0v) is 18.7. The highest BCUT2D eigenvalue weighted by Gasteiger charge is 2.28. The first-order chi connectivity index (χ1) is 15.3. The van der Waals surface area contributed by atoms with Crippen molar-refractivity contribution >= 4 is 16.9 Å². The highest BCUT2D eigenvalue weighted by Crippen LogP contribution is 2.39. The number of ether oxygens (including phenoxy) is 1. The van der Waals surface area contributed by atoms with E-state index >= 15 is 0 Å². The molecule has 0 spiro atoms. The Morgan fingerprint density at radius 1 is 1.31 bits per heavy atom. The van der Waals surface area contributed by atoms with Crippen LogP contribution in [0, 0.1) is 13.8 Å². The van der Waals surface area contributed by atoms with E-state index in [0.29, 0.717) is 18.7 Å². The van der Waals surface area contributed by atoms with Gasteiger partial charge >= 0.3 is 5.69 Å². The minimum atomic E-state index is -0.608. The van der Waals surface area contributed by atoms with Crippen molar-refractivity contribution in [1.82, 2.24) is 24.8 Å². The second-order valence-corrected chi connectivity index (χ2v) is 8.21. The van der Waals surface area contributed by atoms with Gasteiger partial charge < -0.3 is 10.1 Å². The molecule has 1 aliphatic rings. The molecule has 0 bridgehead atoms. The van der Waals surface area contributed by atoms with Gasteiger partial charge in [-0.1, -0.05) is 6.92 Å². The first-order valence-corrected chi connectivity index (χ1v) is 10.8. The molecule has 3 aromatic heterocycles. The van der Waals surface area contributed by atoms with Gasteiger partial charge in [-0.3, -0.25) is 24.1 Å². The number of pyridine rings is 2. The summed E-state index contributed by atoms with van der Waals surface area (Å²) in [6.45, 7) is 6.32. The third-order valence-electron chi connectivity index (χ3n) is 5.82. The molecule has 4 rings (SSSR count). The Labute approximate surface area is 184 Å². The number of H-pyrrole nitrogens is 1. The van der Waals surface area contributed by atoms with Crippen molar-refractivity contribution in [3.63, 3.8) is 0 Å². The predicted octanol–water partition coefficient (Wildman–Crippen LogP) is 2.32. The third kappa shape index (κ3) is 3.90. The van der Waals surface area contributed by atoms with Gasteiger partial charge in [0.25, 0.3) is 11.5 Å². The Balaban J connectivity index is 1.77. The van der Waals surface area contributed by atoms with Crippen LogP contribution in [0.4, 0.5) is 0 Å². The van der Waals surface area contributed by atoms with E-state index < -0.39 is 17.2 Å². The molecule has 0 atom stereocenters. The van der Waals surface area contributed by atoms with Crippen molar-refractivity contribution in [2.75, 3.05) is 7.11 Å².